The Hall–Kier alpha value is 0.0464. The van der Waals surface area contributed by atoms with Gasteiger partial charge < -0.3 is 15.5 Å². The molecule has 0 rings (SSSR count). The molecule has 6 nitrogen and oxygen atoms in total. The van der Waals surface area contributed by atoms with Gasteiger partial charge in [-0.25, -0.2) is 4.79 Å². The second-order valence-corrected chi connectivity index (χ2v) is 7.76. The number of nitrogens with one attached hydrogen (secondary N) is 1. The summed E-state index contributed by atoms with van der Waals surface area (Å²) in [6.07, 6.45) is 18.3. The van der Waals surface area contributed by atoms with Gasteiger partial charge in [-0.3, -0.25) is 9.59 Å². The zero-order valence-corrected chi connectivity index (χ0v) is 17.7. The minimum atomic E-state index is -1.35. The molecule has 0 aliphatic heterocycles. The molecule has 0 bridgehead atoms. The van der Waals surface area contributed by atoms with Crippen molar-refractivity contribution in [2.45, 2.75) is 122 Å². The summed E-state index contributed by atoms with van der Waals surface area (Å²) in [6, 6.07) is -1.35. The van der Waals surface area contributed by atoms with E-state index in [1.165, 1.54) is 77.0 Å². The molecule has 3 N–H and O–H groups in total. The summed E-state index contributed by atoms with van der Waals surface area (Å²) >= 11 is 0. The number of hydrogen-bond donors (Lipinski definition) is 3. The number of rotatable bonds is 20. The topological polar surface area (TPSA) is 104 Å². The van der Waals surface area contributed by atoms with E-state index in [9.17, 15) is 14.4 Å². The van der Waals surface area contributed by atoms with E-state index >= 15 is 0 Å². The van der Waals surface area contributed by atoms with Gasteiger partial charge in [-0.2, -0.15) is 0 Å². The number of carboxylic acid groups (broad SMARTS) is 2. The Morgan fingerprint density at radius 3 is 1.41 bits per heavy atom. The van der Waals surface area contributed by atoms with Crippen LogP contribution in [0.5, 0.6) is 0 Å². The van der Waals surface area contributed by atoms with E-state index in [1.54, 1.807) is 0 Å². The van der Waals surface area contributed by atoms with E-state index in [0.29, 0.717) is 6.42 Å². The number of carboxylic acids is 2. The number of hydrogen-bond acceptors (Lipinski definition) is 3. The van der Waals surface area contributed by atoms with Crippen LogP contribution in [0.1, 0.15) is 116 Å². The van der Waals surface area contributed by atoms with Crippen molar-refractivity contribution >= 4 is 69.2 Å². The van der Waals surface area contributed by atoms with E-state index < -0.39 is 24.4 Å². The molecule has 0 heterocycles. The van der Waals surface area contributed by atoms with Crippen LogP contribution in [0.2, 0.25) is 0 Å². The average Bonchev–Trinajstić information content (AvgIpc) is 2.64. The molecule has 0 saturated carbocycles. The first-order valence-corrected chi connectivity index (χ1v) is 11.2. The van der Waals surface area contributed by atoms with Crippen LogP contribution in [0.4, 0.5) is 0 Å². The Bertz CT molecular complexity index is 431. The molecule has 0 fully saturated rings. The van der Waals surface area contributed by atoms with Gasteiger partial charge in [-0.1, -0.05) is 96.8 Å². The molecule has 0 saturated heterocycles. The van der Waals surface area contributed by atoms with Gasteiger partial charge in [0.05, 0.1) is 6.42 Å². The predicted octanol–water partition coefficient (Wildman–Crippen LogP) is 4.64. The van der Waals surface area contributed by atoms with Crippen LogP contribution in [0.25, 0.3) is 0 Å². The zero-order chi connectivity index (χ0) is 21.0. The first-order valence-electron chi connectivity index (χ1n) is 11.2. The number of unbranched alkanes of at least 4 members (excludes halogenated alkanes) is 14. The van der Waals surface area contributed by atoms with Gasteiger partial charge in [0.2, 0.25) is 5.91 Å². The Morgan fingerprint density at radius 2 is 1.07 bits per heavy atom. The van der Waals surface area contributed by atoms with Gasteiger partial charge >= 0.3 is 63.3 Å². The van der Waals surface area contributed by atoms with Crippen molar-refractivity contribution < 1.29 is 24.6 Å². The summed E-state index contributed by atoms with van der Waals surface area (Å²) in [5.74, 6) is -2.93. The van der Waals surface area contributed by atoms with Crippen molar-refractivity contribution in [3.63, 3.8) is 0 Å². The fraction of sp³-hybridized carbons (Fsp3) is 0.864. The molecule has 166 valence electrons. The third-order valence-corrected chi connectivity index (χ3v) is 5.02. The first-order chi connectivity index (χ1) is 13.5. The maximum absolute atomic E-state index is 11.7. The number of carbonyl (C=O) groups excluding carboxylic acids is 1. The second kappa shape index (κ2) is 22.7. The average molecular weight is 440 g/mol. The molecule has 0 aromatic heterocycles. The molecular weight excluding hydrogens is 397 g/mol. The molecule has 0 aromatic carbocycles. The van der Waals surface area contributed by atoms with E-state index in [-0.39, 0.29) is 63.7 Å². The molecule has 0 aliphatic rings. The van der Waals surface area contributed by atoms with Crippen LogP contribution < -0.4 is 5.32 Å². The van der Waals surface area contributed by atoms with E-state index in [1.807, 2.05) is 0 Å². The van der Waals surface area contributed by atoms with Crippen molar-refractivity contribution in [1.82, 2.24) is 5.32 Å². The molecule has 0 spiro atoms. The van der Waals surface area contributed by atoms with Crippen molar-refractivity contribution in [3.8, 4) is 0 Å². The molecule has 0 radical (unpaired) electrons. The van der Waals surface area contributed by atoms with Crippen LogP contribution in [0.3, 0.4) is 0 Å². The third-order valence-electron chi connectivity index (χ3n) is 5.02. The fourth-order valence-electron chi connectivity index (χ4n) is 3.30. The fourth-order valence-corrected chi connectivity index (χ4v) is 3.30. The van der Waals surface area contributed by atoms with Gasteiger partial charge in [0, 0.05) is 6.42 Å². The molecule has 29 heavy (non-hydrogen) atoms. The van der Waals surface area contributed by atoms with Gasteiger partial charge in [0.15, 0.2) is 0 Å². The summed E-state index contributed by atoms with van der Waals surface area (Å²) in [7, 11) is 0. The monoisotopic (exact) mass is 439 g/mol. The predicted molar refractivity (Wildman–Crippen MR) is 119 cm³/mol. The second-order valence-electron chi connectivity index (χ2n) is 7.76. The van der Waals surface area contributed by atoms with Gasteiger partial charge in [0.25, 0.3) is 0 Å². The first kappa shape index (κ1) is 31.2. The Balaban J connectivity index is 0. The number of aliphatic carboxylic acids is 2. The van der Waals surface area contributed by atoms with Gasteiger partial charge in [-0.15, -0.1) is 0 Å². The molecule has 1 atom stereocenters. The molecule has 1 amide bonds. The van der Waals surface area contributed by atoms with Crippen molar-refractivity contribution in [1.29, 1.82) is 0 Å². The van der Waals surface area contributed by atoms with E-state index in [2.05, 4.69) is 12.2 Å². The molecular formula is C22H42KNO5. The van der Waals surface area contributed by atoms with Crippen molar-refractivity contribution in [2.75, 3.05) is 0 Å². The van der Waals surface area contributed by atoms with Crippen LogP contribution >= 0.6 is 0 Å². The van der Waals surface area contributed by atoms with Crippen molar-refractivity contribution in [3.05, 3.63) is 0 Å². The molecule has 0 unspecified atom stereocenters. The molecule has 7 heteroatoms. The standard InChI is InChI=1S/C22H41NO5.K.H/c1-2-3-4-5-6-7-8-9-10-11-12-13-14-15-16-17-20(24)23-19(22(27)28)18-21(25)26;;/h19H,2-18H2,1H3,(H,23,24)(H,25,26)(H,27,28);;/t19-;;/m0../s1. The summed E-state index contributed by atoms with van der Waals surface area (Å²) in [5.41, 5.74) is 0. The third kappa shape index (κ3) is 22.6. The summed E-state index contributed by atoms with van der Waals surface area (Å²) < 4.78 is 0. The Kier molecular flexibility index (Phi) is 24.5. The van der Waals surface area contributed by atoms with Gasteiger partial charge in [0.1, 0.15) is 6.04 Å². The summed E-state index contributed by atoms with van der Waals surface area (Å²) in [5, 5.41) is 19.8. The maximum atomic E-state index is 11.7. The van der Waals surface area contributed by atoms with Crippen LogP contribution in [-0.4, -0.2) is 85.5 Å². The van der Waals surface area contributed by atoms with Gasteiger partial charge in [-0.05, 0) is 6.42 Å². The molecule has 0 aliphatic carbocycles. The summed E-state index contributed by atoms with van der Waals surface area (Å²) in [6.45, 7) is 2.25. The van der Waals surface area contributed by atoms with Crippen LogP contribution in [-0.2, 0) is 14.4 Å². The minimum absolute atomic E-state index is 0. The van der Waals surface area contributed by atoms with E-state index in [0.717, 1.165) is 12.8 Å². The Labute approximate surface area is 219 Å². The zero-order valence-electron chi connectivity index (χ0n) is 17.7. The number of amides is 1. The van der Waals surface area contributed by atoms with Crippen LogP contribution in [0, 0.1) is 0 Å². The quantitative estimate of drug-likeness (QED) is 0.189. The SMILES string of the molecule is CCCCCCCCCCCCCCCCCC(=O)N[C@@H](CC(=O)O)C(=O)O.[KH]. The Morgan fingerprint density at radius 1 is 0.690 bits per heavy atom. The van der Waals surface area contributed by atoms with Crippen LogP contribution in [0.15, 0.2) is 0 Å². The van der Waals surface area contributed by atoms with E-state index in [4.69, 9.17) is 10.2 Å². The van der Waals surface area contributed by atoms with Crippen molar-refractivity contribution in [2.24, 2.45) is 0 Å². The summed E-state index contributed by atoms with van der Waals surface area (Å²) in [4.78, 5) is 33.2. The normalized spacial score (nSPS) is 11.5. The number of carbonyl (C=O) groups is 3. The molecule has 0 aromatic rings.